The summed E-state index contributed by atoms with van der Waals surface area (Å²) in [6.45, 7) is 5.73. The Bertz CT molecular complexity index is 134. The average molecular weight is 233 g/mol. The summed E-state index contributed by atoms with van der Waals surface area (Å²) in [5, 5.41) is 12.8. The van der Waals surface area contributed by atoms with E-state index < -0.39 is 5.60 Å². The van der Waals surface area contributed by atoms with Crippen LogP contribution in [0.5, 0.6) is 0 Å². The second kappa shape index (κ2) is 9.49. The Hall–Kier alpha value is 0.270. The summed E-state index contributed by atoms with van der Waals surface area (Å²) >= 11 is 1.93. The first-order valence-corrected chi connectivity index (χ1v) is 7.38. The molecular weight excluding hydrogens is 206 g/mol. The minimum Gasteiger partial charge on any atom is -0.390 e. The van der Waals surface area contributed by atoms with Crippen molar-refractivity contribution in [3.8, 4) is 0 Å². The summed E-state index contributed by atoms with van der Waals surface area (Å²) < 4.78 is 0. The molecule has 0 radical (unpaired) electrons. The number of aliphatic hydroxyl groups is 1. The zero-order valence-corrected chi connectivity index (χ0v) is 11.3. The van der Waals surface area contributed by atoms with Gasteiger partial charge in [-0.05, 0) is 58.2 Å². The van der Waals surface area contributed by atoms with E-state index in [4.69, 9.17) is 0 Å². The highest BCUT2D eigenvalue weighted by Crippen LogP contribution is 2.06. The van der Waals surface area contributed by atoms with Gasteiger partial charge in [0.1, 0.15) is 0 Å². The number of unbranched alkanes of at least 4 members (excludes halogenated alkanes) is 3. The fourth-order valence-electron chi connectivity index (χ4n) is 1.37. The Morgan fingerprint density at radius 1 is 1.07 bits per heavy atom. The molecule has 15 heavy (non-hydrogen) atoms. The summed E-state index contributed by atoms with van der Waals surface area (Å²) in [5.41, 5.74) is -0.522. The molecule has 0 aliphatic carbocycles. The predicted molar refractivity (Wildman–Crippen MR) is 70.6 cm³/mol. The maximum absolute atomic E-state index is 9.48. The van der Waals surface area contributed by atoms with E-state index in [-0.39, 0.29) is 0 Å². The second-order valence-corrected chi connectivity index (χ2v) is 5.71. The molecule has 0 aromatic carbocycles. The van der Waals surface area contributed by atoms with Gasteiger partial charge in [0.15, 0.2) is 0 Å². The molecule has 92 valence electrons. The quantitative estimate of drug-likeness (QED) is 0.569. The molecule has 0 bridgehead atoms. The normalized spacial score (nSPS) is 12.0. The molecule has 0 saturated carbocycles. The van der Waals surface area contributed by atoms with Crippen molar-refractivity contribution in [1.29, 1.82) is 0 Å². The van der Waals surface area contributed by atoms with Crippen LogP contribution in [-0.2, 0) is 0 Å². The van der Waals surface area contributed by atoms with Crippen LogP contribution < -0.4 is 5.32 Å². The number of hydrogen-bond acceptors (Lipinski definition) is 3. The Morgan fingerprint density at radius 2 is 1.73 bits per heavy atom. The molecule has 0 rings (SSSR count). The minimum atomic E-state index is -0.522. The van der Waals surface area contributed by atoms with E-state index in [2.05, 4.69) is 11.6 Å². The molecule has 3 heteroatoms. The van der Waals surface area contributed by atoms with Crippen molar-refractivity contribution < 1.29 is 5.11 Å². The molecule has 0 atom stereocenters. The Balaban J connectivity index is 2.99. The molecule has 0 saturated heterocycles. The molecule has 0 aliphatic heterocycles. The van der Waals surface area contributed by atoms with Gasteiger partial charge in [0.2, 0.25) is 0 Å². The average Bonchev–Trinajstić information content (AvgIpc) is 2.14. The SMILES string of the molecule is CSCCCCCCNCCC(C)(C)O. The van der Waals surface area contributed by atoms with Crippen molar-refractivity contribution in [3.05, 3.63) is 0 Å². The number of rotatable bonds is 10. The first-order chi connectivity index (χ1) is 7.06. The van der Waals surface area contributed by atoms with E-state index in [9.17, 15) is 5.11 Å². The van der Waals surface area contributed by atoms with Gasteiger partial charge in [-0.3, -0.25) is 0 Å². The molecule has 0 spiro atoms. The highest BCUT2D eigenvalue weighted by molar-refractivity contribution is 7.98. The summed E-state index contributed by atoms with van der Waals surface area (Å²) in [5.74, 6) is 1.30. The first kappa shape index (κ1) is 15.3. The van der Waals surface area contributed by atoms with Crippen LogP contribution in [0.3, 0.4) is 0 Å². The second-order valence-electron chi connectivity index (χ2n) is 4.72. The van der Waals surface area contributed by atoms with E-state index in [1.165, 1.54) is 31.4 Å². The van der Waals surface area contributed by atoms with Gasteiger partial charge in [-0.2, -0.15) is 11.8 Å². The number of hydrogen-bond donors (Lipinski definition) is 2. The summed E-state index contributed by atoms with van der Waals surface area (Å²) in [6.07, 6.45) is 8.30. The zero-order valence-electron chi connectivity index (χ0n) is 10.5. The van der Waals surface area contributed by atoms with Gasteiger partial charge in [0, 0.05) is 0 Å². The highest BCUT2D eigenvalue weighted by Gasteiger charge is 2.10. The van der Waals surface area contributed by atoms with Crippen LogP contribution in [0, 0.1) is 0 Å². The van der Waals surface area contributed by atoms with Crippen LogP contribution in [-0.4, -0.2) is 35.8 Å². The molecule has 0 amide bonds. The zero-order chi connectivity index (χ0) is 11.6. The molecule has 2 nitrogen and oxygen atoms in total. The fourth-order valence-corrected chi connectivity index (χ4v) is 1.86. The molecular formula is C12H27NOS. The third kappa shape index (κ3) is 14.3. The maximum Gasteiger partial charge on any atom is 0.0603 e. The van der Waals surface area contributed by atoms with Crippen LogP contribution >= 0.6 is 11.8 Å². The lowest BCUT2D eigenvalue weighted by Gasteiger charge is -2.16. The monoisotopic (exact) mass is 233 g/mol. The van der Waals surface area contributed by atoms with Gasteiger partial charge in [0.25, 0.3) is 0 Å². The van der Waals surface area contributed by atoms with Gasteiger partial charge >= 0.3 is 0 Å². The van der Waals surface area contributed by atoms with Gasteiger partial charge < -0.3 is 10.4 Å². The van der Waals surface area contributed by atoms with Gasteiger partial charge in [0.05, 0.1) is 5.60 Å². The largest absolute Gasteiger partial charge is 0.390 e. The van der Waals surface area contributed by atoms with Crippen molar-refractivity contribution in [2.24, 2.45) is 0 Å². The van der Waals surface area contributed by atoms with Crippen LogP contribution in [0.25, 0.3) is 0 Å². The number of nitrogens with one attached hydrogen (secondary N) is 1. The van der Waals surface area contributed by atoms with E-state index in [0.29, 0.717) is 0 Å². The Labute approximate surface area is 99.2 Å². The lowest BCUT2D eigenvalue weighted by molar-refractivity contribution is 0.0712. The van der Waals surface area contributed by atoms with E-state index in [1.54, 1.807) is 0 Å². The predicted octanol–water partition coefficient (Wildman–Crippen LogP) is 2.66. The molecule has 0 unspecified atom stereocenters. The number of thioether (sulfide) groups is 1. The third-order valence-corrected chi connectivity index (χ3v) is 3.06. The smallest absolute Gasteiger partial charge is 0.0603 e. The fraction of sp³-hybridized carbons (Fsp3) is 1.00. The van der Waals surface area contributed by atoms with Crippen LogP contribution in [0.2, 0.25) is 0 Å². The minimum absolute atomic E-state index is 0.522. The molecule has 0 fully saturated rings. The maximum atomic E-state index is 9.48. The molecule has 0 heterocycles. The van der Waals surface area contributed by atoms with Crippen molar-refractivity contribution in [1.82, 2.24) is 5.32 Å². The Kier molecular flexibility index (Phi) is 9.66. The molecule has 2 N–H and O–H groups in total. The van der Waals surface area contributed by atoms with Crippen molar-refractivity contribution in [2.45, 2.75) is 51.6 Å². The topological polar surface area (TPSA) is 32.3 Å². The third-order valence-electron chi connectivity index (χ3n) is 2.37. The van der Waals surface area contributed by atoms with Crippen LogP contribution in [0.15, 0.2) is 0 Å². The van der Waals surface area contributed by atoms with Crippen molar-refractivity contribution >= 4 is 11.8 Å². The van der Waals surface area contributed by atoms with Crippen LogP contribution in [0.4, 0.5) is 0 Å². The standard InChI is InChI=1S/C12H27NOS/c1-12(2,14)8-10-13-9-6-4-5-7-11-15-3/h13-14H,4-11H2,1-3H3. The summed E-state index contributed by atoms with van der Waals surface area (Å²) in [4.78, 5) is 0. The van der Waals surface area contributed by atoms with E-state index in [1.807, 2.05) is 25.6 Å². The van der Waals surface area contributed by atoms with Gasteiger partial charge in [-0.1, -0.05) is 12.8 Å². The summed E-state index contributed by atoms with van der Waals surface area (Å²) in [7, 11) is 0. The lowest BCUT2D eigenvalue weighted by atomic mass is 10.1. The van der Waals surface area contributed by atoms with E-state index in [0.717, 1.165) is 19.5 Å². The summed E-state index contributed by atoms with van der Waals surface area (Å²) in [6, 6.07) is 0. The lowest BCUT2D eigenvalue weighted by Crippen LogP contribution is -2.27. The van der Waals surface area contributed by atoms with Gasteiger partial charge in [-0.15, -0.1) is 0 Å². The first-order valence-electron chi connectivity index (χ1n) is 5.98. The Morgan fingerprint density at radius 3 is 2.33 bits per heavy atom. The molecule has 0 aliphatic rings. The van der Waals surface area contributed by atoms with Gasteiger partial charge in [-0.25, -0.2) is 0 Å². The molecule has 0 aromatic rings. The van der Waals surface area contributed by atoms with Crippen LogP contribution in [0.1, 0.15) is 46.0 Å². The highest BCUT2D eigenvalue weighted by atomic mass is 32.2. The van der Waals surface area contributed by atoms with Crippen molar-refractivity contribution in [3.63, 3.8) is 0 Å². The van der Waals surface area contributed by atoms with E-state index >= 15 is 0 Å². The van der Waals surface area contributed by atoms with Crippen molar-refractivity contribution in [2.75, 3.05) is 25.1 Å². The molecule has 0 aromatic heterocycles.